The van der Waals surface area contributed by atoms with Gasteiger partial charge < -0.3 is 5.32 Å². The van der Waals surface area contributed by atoms with E-state index in [2.05, 4.69) is 19.2 Å². The van der Waals surface area contributed by atoms with Crippen LogP contribution in [0.2, 0.25) is 0 Å². The summed E-state index contributed by atoms with van der Waals surface area (Å²) in [5, 5.41) is 3.15. The lowest BCUT2D eigenvalue weighted by Crippen LogP contribution is -2.26. The molecule has 1 rings (SSSR count). The Labute approximate surface area is 109 Å². The van der Waals surface area contributed by atoms with E-state index in [0.717, 1.165) is 25.7 Å². The molecule has 0 aromatic heterocycles. The summed E-state index contributed by atoms with van der Waals surface area (Å²) >= 11 is 0. The molecule has 0 saturated carbocycles. The lowest BCUT2D eigenvalue weighted by Gasteiger charge is -2.27. The molecule has 0 aliphatic rings. The van der Waals surface area contributed by atoms with Crippen LogP contribution in [0.25, 0.3) is 0 Å². The molecule has 1 nitrogen and oxygen atoms in total. The first kappa shape index (κ1) is 15.1. The Morgan fingerprint density at radius 1 is 1.11 bits per heavy atom. The predicted octanol–water partition coefficient (Wildman–Crippen LogP) is 4.44. The molecule has 18 heavy (non-hydrogen) atoms. The van der Waals surface area contributed by atoms with Crippen molar-refractivity contribution in [2.75, 3.05) is 7.05 Å². The first-order valence-corrected chi connectivity index (χ1v) is 6.76. The molecule has 0 fully saturated rings. The van der Waals surface area contributed by atoms with Gasteiger partial charge in [0.2, 0.25) is 0 Å². The molecule has 1 atom stereocenters. The highest BCUT2D eigenvalue weighted by molar-refractivity contribution is 5.23. The number of nitrogens with one attached hydrogen (secondary N) is 1. The molecule has 0 aliphatic carbocycles. The Morgan fingerprint density at radius 3 is 2.22 bits per heavy atom. The minimum absolute atomic E-state index is 0.111. The van der Waals surface area contributed by atoms with E-state index in [1.54, 1.807) is 12.1 Å². The third-order valence-corrected chi connectivity index (χ3v) is 3.42. The molecule has 102 valence electrons. The SMILES string of the molecule is CCCC(CCC)C(NC)c1cccc(F)c1F. The van der Waals surface area contributed by atoms with Crippen molar-refractivity contribution >= 4 is 0 Å². The van der Waals surface area contributed by atoms with Crippen LogP contribution in [0.4, 0.5) is 8.78 Å². The molecule has 1 N–H and O–H groups in total. The zero-order valence-corrected chi connectivity index (χ0v) is 11.5. The average molecular weight is 255 g/mol. The summed E-state index contributed by atoms with van der Waals surface area (Å²) in [4.78, 5) is 0. The summed E-state index contributed by atoms with van der Waals surface area (Å²) in [6, 6.07) is 4.31. The summed E-state index contributed by atoms with van der Waals surface area (Å²) in [7, 11) is 1.81. The number of hydrogen-bond acceptors (Lipinski definition) is 1. The monoisotopic (exact) mass is 255 g/mol. The van der Waals surface area contributed by atoms with E-state index in [-0.39, 0.29) is 6.04 Å². The Bertz CT molecular complexity index is 360. The van der Waals surface area contributed by atoms with Gasteiger partial charge in [-0.25, -0.2) is 8.78 Å². The van der Waals surface area contributed by atoms with E-state index < -0.39 is 11.6 Å². The molecule has 1 aromatic carbocycles. The van der Waals surface area contributed by atoms with Gasteiger partial charge in [-0.15, -0.1) is 0 Å². The van der Waals surface area contributed by atoms with Crippen LogP contribution in [-0.2, 0) is 0 Å². The van der Waals surface area contributed by atoms with E-state index in [9.17, 15) is 8.78 Å². The maximum absolute atomic E-state index is 13.9. The molecule has 0 bridgehead atoms. The minimum atomic E-state index is -0.764. The van der Waals surface area contributed by atoms with Crippen LogP contribution >= 0.6 is 0 Å². The molecular formula is C15H23F2N. The van der Waals surface area contributed by atoms with Gasteiger partial charge in [0.15, 0.2) is 11.6 Å². The molecule has 0 radical (unpaired) electrons. The fraction of sp³-hybridized carbons (Fsp3) is 0.600. The highest BCUT2D eigenvalue weighted by atomic mass is 19.2. The smallest absolute Gasteiger partial charge is 0.163 e. The normalized spacial score (nSPS) is 13.0. The van der Waals surface area contributed by atoms with Gasteiger partial charge >= 0.3 is 0 Å². The van der Waals surface area contributed by atoms with Gasteiger partial charge in [-0.3, -0.25) is 0 Å². The van der Waals surface area contributed by atoms with Gasteiger partial charge in [-0.2, -0.15) is 0 Å². The van der Waals surface area contributed by atoms with E-state index in [4.69, 9.17) is 0 Å². The number of halogens is 2. The zero-order valence-electron chi connectivity index (χ0n) is 11.5. The van der Waals surface area contributed by atoms with Gasteiger partial charge in [-0.05, 0) is 31.9 Å². The van der Waals surface area contributed by atoms with Gasteiger partial charge in [0.1, 0.15) is 0 Å². The Hall–Kier alpha value is -0.960. The van der Waals surface area contributed by atoms with Crippen LogP contribution in [0, 0.1) is 17.6 Å². The maximum atomic E-state index is 13.9. The van der Waals surface area contributed by atoms with E-state index in [0.29, 0.717) is 11.5 Å². The van der Waals surface area contributed by atoms with Crippen LogP contribution in [0.3, 0.4) is 0 Å². The minimum Gasteiger partial charge on any atom is -0.313 e. The topological polar surface area (TPSA) is 12.0 Å². The van der Waals surface area contributed by atoms with E-state index in [1.807, 2.05) is 7.05 Å². The van der Waals surface area contributed by atoms with E-state index in [1.165, 1.54) is 6.07 Å². The van der Waals surface area contributed by atoms with E-state index >= 15 is 0 Å². The maximum Gasteiger partial charge on any atom is 0.163 e. The number of hydrogen-bond donors (Lipinski definition) is 1. The van der Waals surface area contributed by atoms with Gasteiger partial charge in [-0.1, -0.05) is 38.8 Å². The summed E-state index contributed by atoms with van der Waals surface area (Å²) < 4.78 is 27.2. The molecule has 0 spiro atoms. The average Bonchev–Trinajstić information content (AvgIpc) is 2.36. The quantitative estimate of drug-likeness (QED) is 0.759. The zero-order chi connectivity index (χ0) is 13.5. The summed E-state index contributed by atoms with van der Waals surface area (Å²) in [6.07, 6.45) is 4.16. The van der Waals surface area contributed by atoms with Crippen molar-refractivity contribution in [2.24, 2.45) is 5.92 Å². The molecule has 0 heterocycles. The van der Waals surface area contributed by atoms with Crippen molar-refractivity contribution < 1.29 is 8.78 Å². The Kier molecular flexibility index (Phi) is 6.27. The Balaban J connectivity index is 3.02. The van der Waals surface area contributed by atoms with Gasteiger partial charge in [0.25, 0.3) is 0 Å². The van der Waals surface area contributed by atoms with Gasteiger partial charge in [0.05, 0.1) is 0 Å². The van der Waals surface area contributed by atoms with Crippen molar-refractivity contribution in [1.82, 2.24) is 5.32 Å². The van der Waals surface area contributed by atoms with Crippen molar-refractivity contribution in [1.29, 1.82) is 0 Å². The first-order valence-electron chi connectivity index (χ1n) is 6.76. The van der Waals surface area contributed by atoms with Crippen molar-refractivity contribution in [3.63, 3.8) is 0 Å². The molecule has 1 aromatic rings. The summed E-state index contributed by atoms with van der Waals surface area (Å²) in [5.41, 5.74) is 0.449. The molecule has 0 saturated heterocycles. The summed E-state index contributed by atoms with van der Waals surface area (Å²) in [6.45, 7) is 4.24. The largest absolute Gasteiger partial charge is 0.313 e. The number of rotatable bonds is 7. The Morgan fingerprint density at radius 2 is 1.72 bits per heavy atom. The molecule has 0 amide bonds. The van der Waals surface area contributed by atoms with Crippen LogP contribution in [0.15, 0.2) is 18.2 Å². The van der Waals surface area contributed by atoms with Crippen LogP contribution in [0.5, 0.6) is 0 Å². The van der Waals surface area contributed by atoms with Crippen molar-refractivity contribution in [3.8, 4) is 0 Å². The van der Waals surface area contributed by atoms with Crippen molar-refractivity contribution in [2.45, 2.75) is 45.6 Å². The third-order valence-electron chi connectivity index (χ3n) is 3.42. The first-order chi connectivity index (χ1) is 8.65. The fourth-order valence-corrected chi connectivity index (χ4v) is 2.63. The highest BCUT2D eigenvalue weighted by Crippen LogP contribution is 2.31. The van der Waals surface area contributed by atoms with Crippen LogP contribution in [-0.4, -0.2) is 7.05 Å². The fourth-order valence-electron chi connectivity index (χ4n) is 2.63. The molecule has 0 aliphatic heterocycles. The summed E-state index contributed by atoms with van der Waals surface area (Å²) in [5.74, 6) is -1.13. The second-order valence-corrected chi connectivity index (χ2v) is 4.75. The lowest BCUT2D eigenvalue weighted by molar-refractivity contribution is 0.320. The second-order valence-electron chi connectivity index (χ2n) is 4.75. The predicted molar refractivity (Wildman–Crippen MR) is 71.5 cm³/mol. The third kappa shape index (κ3) is 3.52. The molecular weight excluding hydrogens is 232 g/mol. The standard InChI is InChI=1S/C15H23F2N/c1-4-7-11(8-5-2)15(18-3)12-9-6-10-13(16)14(12)17/h6,9-11,15,18H,4-5,7-8H2,1-3H3. The second kappa shape index (κ2) is 7.47. The molecule has 3 heteroatoms. The number of benzene rings is 1. The van der Waals surface area contributed by atoms with Crippen LogP contribution in [0.1, 0.15) is 51.1 Å². The lowest BCUT2D eigenvalue weighted by atomic mass is 9.86. The highest BCUT2D eigenvalue weighted by Gasteiger charge is 2.24. The van der Waals surface area contributed by atoms with Crippen molar-refractivity contribution in [3.05, 3.63) is 35.4 Å². The molecule has 1 unspecified atom stereocenters. The van der Waals surface area contributed by atoms with Gasteiger partial charge in [0, 0.05) is 11.6 Å². The van der Waals surface area contributed by atoms with Crippen LogP contribution < -0.4 is 5.32 Å².